The van der Waals surface area contributed by atoms with E-state index in [4.69, 9.17) is 0 Å². The first-order chi connectivity index (χ1) is 9.65. The molecule has 1 heterocycles. The van der Waals surface area contributed by atoms with E-state index in [1.807, 2.05) is 23.1 Å². The summed E-state index contributed by atoms with van der Waals surface area (Å²) in [5.74, 6) is 0.610. The summed E-state index contributed by atoms with van der Waals surface area (Å²) in [4.78, 5) is 2.77. The lowest BCUT2D eigenvalue weighted by Crippen LogP contribution is -2.21. The third-order valence-corrected chi connectivity index (χ3v) is 5.18. The molecular formula is C17H23NS2. The summed E-state index contributed by atoms with van der Waals surface area (Å²) < 4.78 is 0. The van der Waals surface area contributed by atoms with Crippen molar-refractivity contribution >= 4 is 23.1 Å². The Kier molecular flexibility index (Phi) is 6.14. The zero-order valence-electron chi connectivity index (χ0n) is 12.4. The van der Waals surface area contributed by atoms with Crippen LogP contribution in [0.1, 0.15) is 37.1 Å². The summed E-state index contributed by atoms with van der Waals surface area (Å²) in [6, 6.07) is 13.3. The first kappa shape index (κ1) is 15.6. The van der Waals surface area contributed by atoms with Gasteiger partial charge in [0.15, 0.2) is 0 Å². The lowest BCUT2D eigenvalue weighted by molar-refractivity contribution is 0.690. The highest BCUT2D eigenvalue weighted by molar-refractivity contribution is 8.00. The van der Waals surface area contributed by atoms with Gasteiger partial charge in [0.2, 0.25) is 0 Å². The largest absolute Gasteiger partial charge is 0.311 e. The van der Waals surface area contributed by atoms with Gasteiger partial charge in [0.25, 0.3) is 0 Å². The Balaban J connectivity index is 1.74. The van der Waals surface area contributed by atoms with Crippen LogP contribution in [0.15, 0.2) is 46.7 Å². The van der Waals surface area contributed by atoms with Gasteiger partial charge in [-0.3, -0.25) is 0 Å². The standard InChI is InChI=1S/C17H23NS2/c1-13(2)15-6-8-16(9-7-15)20-14(3)11-18-12-17-5-4-10-19-17/h4-10,13-14,18H,11-12H2,1-3H3. The van der Waals surface area contributed by atoms with E-state index in [1.165, 1.54) is 15.3 Å². The molecule has 0 saturated carbocycles. The summed E-state index contributed by atoms with van der Waals surface area (Å²) in [5, 5.41) is 6.24. The summed E-state index contributed by atoms with van der Waals surface area (Å²) in [7, 11) is 0. The number of benzene rings is 1. The molecule has 1 aromatic carbocycles. The van der Waals surface area contributed by atoms with Crippen molar-refractivity contribution in [3.63, 3.8) is 0 Å². The van der Waals surface area contributed by atoms with E-state index in [9.17, 15) is 0 Å². The topological polar surface area (TPSA) is 12.0 Å². The zero-order valence-corrected chi connectivity index (χ0v) is 14.1. The second kappa shape index (κ2) is 7.87. The van der Waals surface area contributed by atoms with Crippen LogP contribution in [0.3, 0.4) is 0 Å². The molecule has 0 amide bonds. The van der Waals surface area contributed by atoms with Crippen LogP contribution in [0.25, 0.3) is 0 Å². The SMILES string of the molecule is CC(CNCc1cccs1)Sc1ccc(C(C)C)cc1. The van der Waals surface area contributed by atoms with Gasteiger partial charge in [-0.05, 0) is 35.1 Å². The van der Waals surface area contributed by atoms with E-state index in [2.05, 4.69) is 67.9 Å². The van der Waals surface area contributed by atoms with Crippen LogP contribution < -0.4 is 5.32 Å². The van der Waals surface area contributed by atoms with E-state index in [-0.39, 0.29) is 0 Å². The molecule has 0 radical (unpaired) electrons. The Morgan fingerprint density at radius 1 is 1.10 bits per heavy atom. The van der Waals surface area contributed by atoms with Crippen LogP contribution in [-0.2, 0) is 6.54 Å². The summed E-state index contributed by atoms with van der Waals surface area (Å²) in [6.07, 6.45) is 0. The average Bonchev–Trinajstić information content (AvgIpc) is 2.92. The van der Waals surface area contributed by atoms with Gasteiger partial charge in [0.1, 0.15) is 0 Å². The van der Waals surface area contributed by atoms with Gasteiger partial charge in [-0.15, -0.1) is 23.1 Å². The number of thiophene rings is 1. The molecule has 108 valence electrons. The fourth-order valence-corrected chi connectivity index (χ4v) is 3.65. The third kappa shape index (κ3) is 4.97. The molecule has 1 unspecified atom stereocenters. The van der Waals surface area contributed by atoms with Crippen molar-refractivity contribution in [1.82, 2.24) is 5.32 Å². The molecule has 0 bridgehead atoms. The molecular weight excluding hydrogens is 282 g/mol. The third-order valence-electron chi connectivity index (χ3n) is 3.20. The Morgan fingerprint density at radius 2 is 1.85 bits per heavy atom. The molecule has 0 spiro atoms. The Labute approximate surface area is 130 Å². The van der Waals surface area contributed by atoms with Crippen molar-refractivity contribution in [1.29, 1.82) is 0 Å². The van der Waals surface area contributed by atoms with Gasteiger partial charge in [-0.1, -0.05) is 39.0 Å². The highest BCUT2D eigenvalue weighted by Gasteiger charge is 2.05. The van der Waals surface area contributed by atoms with Crippen molar-refractivity contribution in [2.24, 2.45) is 0 Å². The molecule has 1 atom stereocenters. The van der Waals surface area contributed by atoms with Gasteiger partial charge in [0.05, 0.1) is 0 Å². The lowest BCUT2D eigenvalue weighted by atomic mass is 10.0. The fraction of sp³-hybridized carbons (Fsp3) is 0.412. The predicted molar refractivity (Wildman–Crippen MR) is 91.9 cm³/mol. The van der Waals surface area contributed by atoms with Crippen molar-refractivity contribution in [3.8, 4) is 0 Å². The Morgan fingerprint density at radius 3 is 2.45 bits per heavy atom. The normalized spacial score (nSPS) is 12.8. The Hall–Kier alpha value is -0.770. The first-order valence-electron chi connectivity index (χ1n) is 7.15. The molecule has 2 rings (SSSR count). The maximum atomic E-state index is 3.53. The minimum absolute atomic E-state index is 0.583. The maximum absolute atomic E-state index is 3.53. The molecule has 0 aliphatic rings. The fourth-order valence-electron chi connectivity index (χ4n) is 2.02. The molecule has 0 fully saturated rings. The monoisotopic (exact) mass is 305 g/mol. The highest BCUT2D eigenvalue weighted by atomic mass is 32.2. The molecule has 0 aliphatic carbocycles. The summed E-state index contributed by atoms with van der Waals surface area (Å²) in [6.45, 7) is 8.77. The van der Waals surface area contributed by atoms with Gasteiger partial charge < -0.3 is 5.32 Å². The van der Waals surface area contributed by atoms with Crippen LogP contribution in [0.2, 0.25) is 0 Å². The van der Waals surface area contributed by atoms with Crippen molar-refractivity contribution < 1.29 is 0 Å². The molecule has 1 nitrogen and oxygen atoms in total. The van der Waals surface area contributed by atoms with E-state index in [1.54, 1.807) is 0 Å². The van der Waals surface area contributed by atoms with E-state index in [0.29, 0.717) is 11.2 Å². The van der Waals surface area contributed by atoms with E-state index < -0.39 is 0 Å². The predicted octanol–water partition coefficient (Wildman–Crippen LogP) is 5.14. The average molecular weight is 306 g/mol. The van der Waals surface area contributed by atoms with Crippen LogP contribution in [0.5, 0.6) is 0 Å². The van der Waals surface area contributed by atoms with Crippen molar-refractivity contribution in [2.45, 2.75) is 43.4 Å². The maximum Gasteiger partial charge on any atom is 0.0300 e. The minimum atomic E-state index is 0.583. The molecule has 2 aromatic rings. The smallest absolute Gasteiger partial charge is 0.0300 e. The second-order valence-electron chi connectivity index (χ2n) is 5.36. The van der Waals surface area contributed by atoms with Gasteiger partial charge in [-0.2, -0.15) is 0 Å². The summed E-state index contributed by atoms with van der Waals surface area (Å²) >= 11 is 3.76. The van der Waals surface area contributed by atoms with E-state index >= 15 is 0 Å². The number of thioether (sulfide) groups is 1. The second-order valence-corrected chi connectivity index (χ2v) is 7.91. The molecule has 3 heteroatoms. The molecule has 1 aromatic heterocycles. The van der Waals surface area contributed by atoms with Gasteiger partial charge in [-0.25, -0.2) is 0 Å². The number of hydrogen-bond acceptors (Lipinski definition) is 3. The molecule has 20 heavy (non-hydrogen) atoms. The van der Waals surface area contributed by atoms with Gasteiger partial charge >= 0.3 is 0 Å². The number of nitrogens with one attached hydrogen (secondary N) is 1. The van der Waals surface area contributed by atoms with E-state index in [0.717, 1.165) is 13.1 Å². The number of rotatable bonds is 7. The van der Waals surface area contributed by atoms with Crippen molar-refractivity contribution in [2.75, 3.05) is 6.54 Å². The quantitative estimate of drug-likeness (QED) is 0.711. The lowest BCUT2D eigenvalue weighted by Gasteiger charge is -2.13. The number of hydrogen-bond donors (Lipinski definition) is 1. The Bertz CT molecular complexity index is 488. The van der Waals surface area contributed by atoms with Crippen LogP contribution >= 0.6 is 23.1 Å². The van der Waals surface area contributed by atoms with Crippen LogP contribution in [-0.4, -0.2) is 11.8 Å². The zero-order chi connectivity index (χ0) is 14.4. The minimum Gasteiger partial charge on any atom is -0.311 e. The summed E-state index contributed by atoms with van der Waals surface area (Å²) in [5.41, 5.74) is 1.41. The van der Waals surface area contributed by atoms with Gasteiger partial charge in [0, 0.05) is 28.1 Å². The van der Waals surface area contributed by atoms with Crippen LogP contribution in [0.4, 0.5) is 0 Å². The molecule has 1 N–H and O–H groups in total. The highest BCUT2D eigenvalue weighted by Crippen LogP contribution is 2.25. The van der Waals surface area contributed by atoms with Crippen LogP contribution in [0, 0.1) is 0 Å². The first-order valence-corrected chi connectivity index (χ1v) is 8.91. The molecule has 0 saturated heterocycles. The molecule has 0 aliphatic heterocycles. The van der Waals surface area contributed by atoms with Crippen molar-refractivity contribution in [3.05, 3.63) is 52.2 Å².